The number of nitrogens with zero attached hydrogens (tertiary/aromatic N) is 3. The van der Waals surface area contributed by atoms with Crippen LogP contribution in [0.4, 0.5) is 11.5 Å². The minimum absolute atomic E-state index is 0.0890. The van der Waals surface area contributed by atoms with Crippen LogP contribution in [0.15, 0.2) is 103 Å². The molecule has 2 heterocycles. The molecule has 0 aliphatic rings. The van der Waals surface area contributed by atoms with Gasteiger partial charge in [-0.05, 0) is 42.0 Å². The van der Waals surface area contributed by atoms with Gasteiger partial charge in [0.1, 0.15) is 5.82 Å². The molecule has 30 heavy (non-hydrogen) atoms. The van der Waals surface area contributed by atoms with Gasteiger partial charge in [-0.2, -0.15) is 0 Å². The van der Waals surface area contributed by atoms with Crippen molar-refractivity contribution in [3.8, 4) is 0 Å². The van der Waals surface area contributed by atoms with Gasteiger partial charge in [-0.15, -0.1) is 0 Å². The summed E-state index contributed by atoms with van der Waals surface area (Å²) in [5, 5.41) is 3.23. The van der Waals surface area contributed by atoms with Crippen molar-refractivity contribution in [2.75, 3.05) is 10.2 Å². The maximum atomic E-state index is 13.3. The van der Waals surface area contributed by atoms with Gasteiger partial charge in [-0.3, -0.25) is 9.78 Å². The molecule has 5 nitrogen and oxygen atoms in total. The number of hydrogen-bond acceptors (Lipinski definition) is 4. The van der Waals surface area contributed by atoms with Crippen LogP contribution in [0.2, 0.25) is 0 Å². The molecule has 1 amide bonds. The first-order valence-corrected chi connectivity index (χ1v) is 9.80. The third-order valence-corrected chi connectivity index (χ3v) is 4.68. The van der Waals surface area contributed by atoms with E-state index in [1.807, 2.05) is 84.9 Å². The van der Waals surface area contributed by atoms with E-state index in [1.165, 1.54) is 0 Å². The molecule has 2 aromatic heterocycles. The van der Waals surface area contributed by atoms with Gasteiger partial charge in [0.25, 0.3) is 5.91 Å². The van der Waals surface area contributed by atoms with Gasteiger partial charge >= 0.3 is 0 Å². The van der Waals surface area contributed by atoms with Crippen LogP contribution in [-0.2, 0) is 13.1 Å². The molecule has 4 rings (SSSR count). The van der Waals surface area contributed by atoms with Crippen molar-refractivity contribution in [2.45, 2.75) is 13.1 Å². The average molecular weight is 394 g/mol. The Bertz CT molecular complexity index is 1070. The Labute approximate surface area is 176 Å². The lowest BCUT2D eigenvalue weighted by Crippen LogP contribution is -2.30. The lowest BCUT2D eigenvalue weighted by molar-refractivity contribution is 0.0985. The molecule has 0 radical (unpaired) electrons. The van der Waals surface area contributed by atoms with Crippen LogP contribution in [0.25, 0.3) is 0 Å². The summed E-state index contributed by atoms with van der Waals surface area (Å²) < 4.78 is 0. The maximum Gasteiger partial charge on any atom is 0.260 e. The van der Waals surface area contributed by atoms with Crippen LogP contribution in [0, 0.1) is 0 Å². The summed E-state index contributed by atoms with van der Waals surface area (Å²) in [4.78, 5) is 23.8. The quantitative estimate of drug-likeness (QED) is 0.483. The Morgan fingerprint density at radius 1 is 0.800 bits per heavy atom. The summed E-state index contributed by atoms with van der Waals surface area (Å²) in [6.07, 6.45) is 3.38. The van der Waals surface area contributed by atoms with Crippen LogP contribution < -0.4 is 10.2 Å². The second-order valence-electron chi connectivity index (χ2n) is 6.82. The van der Waals surface area contributed by atoms with E-state index in [9.17, 15) is 4.79 Å². The van der Waals surface area contributed by atoms with Crippen molar-refractivity contribution < 1.29 is 4.79 Å². The van der Waals surface area contributed by atoms with E-state index in [0.717, 1.165) is 16.9 Å². The number of hydrogen-bond donors (Lipinski definition) is 1. The van der Waals surface area contributed by atoms with Crippen LogP contribution >= 0.6 is 0 Å². The summed E-state index contributed by atoms with van der Waals surface area (Å²) in [6.45, 7) is 1.06. The molecule has 0 saturated heterocycles. The van der Waals surface area contributed by atoms with E-state index >= 15 is 0 Å². The zero-order valence-corrected chi connectivity index (χ0v) is 16.5. The Balaban J connectivity index is 1.51. The number of carbonyl (C=O) groups is 1. The molecule has 0 aliphatic heterocycles. The zero-order valence-electron chi connectivity index (χ0n) is 16.5. The van der Waals surface area contributed by atoms with Crippen molar-refractivity contribution in [2.24, 2.45) is 0 Å². The molecule has 2 aromatic carbocycles. The lowest BCUT2D eigenvalue weighted by atomic mass is 10.1. The normalized spacial score (nSPS) is 10.4. The largest absolute Gasteiger partial charge is 0.364 e. The van der Waals surface area contributed by atoms with Gasteiger partial charge < -0.3 is 10.2 Å². The summed E-state index contributed by atoms with van der Waals surface area (Å²) >= 11 is 0. The smallest absolute Gasteiger partial charge is 0.260 e. The number of anilines is 2. The third kappa shape index (κ3) is 4.89. The van der Waals surface area contributed by atoms with Crippen LogP contribution in [-0.4, -0.2) is 15.9 Å². The molecule has 0 atom stereocenters. The van der Waals surface area contributed by atoms with Crippen LogP contribution in [0.1, 0.15) is 21.6 Å². The lowest BCUT2D eigenvalue weighted by Gasteiger charge is -2.23. The van der Waals surface area contributed by atoms with E-state index in [-0.39, 0.29) is 5.91 Å². The van der Waals surface area contributed by atoms with E-state index in [2.05, 4.69) is 15.3 Å². The minimum atomic E-state index is -0.0890. The summed E-state index contributed by atoms with van der Waals surface area (Å²) in [5.41, 5.74) is 3.38. The molecule has 1 N–H and O–H groups in total. The molecule has 0 bridgehead atoms. The van der Waals surface area contributed by atoms with Crippen molar-refractivity contribution in [3.05, 3.63) is 120 Å². The van der Waals surface area contributed by atoms with E-state index in [1.54, 1.807) is 23.4 Å². The second kappa shape index (κ2) is 9.47. The van der Waals surface area contributed by atoms with Crippen LogP contribution in [0.3, 0.4) is 0 Å². The topological polar surface area (TPSA) is 58.1 Å². The fourth-order valence-corrected chi connectivity index (χ4v) is 3.12. The molecular formula is C25H22N4O. The molecule has 4 aromatic rings. The fraction of sp³-hybridized carbons (Fsp3) is 0.0800. The molecule has 0 aliphatic carbocycles. The van der Waals surface area contributed by atoms with Crippen molar-refractivity contribution in [1.82, 2.24) is 9.97 Å². The standard InChI is InChI=1S/C25H22N4O/c30-25(21-14-15-24(27-17-21)28-18-22-11-7-8-16-26-22)29(23-12-5-2-6-13-23)19-20-9-3-1-4-10-20/h1-17H,18-19H2,(H,27,28). The number of nitrogens with one attached hydrogen (secondary N) is 1. The van der Waals surface area contributed by atoms with Crippen LogP contribution in [0.5, 0.6) is 0 Å². The highest BCUT2D eigenvalue weighted by molar-refractivity contribution is 6.05. The van der Waals surface area contributed by atoms with Gasteiger partial charge in [0.15, 0.2) is 0 Å². The van der Waals surface area contributed by atoms with E-state index < -0.39 is 0 Å². The summed E-state index contributed by atoms with van der Waals surface area (Å²) in [5.74, 6) is 0.611. The summed E-state index contributed by atoms with van der Waals surface area (Å²) in [6, 6.07) is 29.1. The zero-order chi connectivity index (χ0) is 20.6. The van der Waals surface area contributed by atoms with Crippen molar-refractivity contribution in [3.63, 3.8) is 0 Å². The number of rotatable bonds is 7. The Morgan fingerprint density at radius 3 is 2.20 bits per heavy atom. The van der Waals surface area contributed by atoms with Gasteiger partial charge in [0, 0.05) is 18.1 Å². The number of pyridine rings is 2. The minimum Gasteiger partial charge on any atom is -0.364 e. The molecule has 5 heteroatoms. The van der Waals surface area contributed by atoms with Gasteiger partial charge in [0.2, 0.25) is 0 Å². The summed E-state index contributed by atoms with van der Waals surface area (Å²) in [7, 11) is 0. The molecule has 0 saturated carbocycles. The first kappa shape index (κ1) is 19.3. The number of amides is 1. The number of carbonyl (C=O) groups excluding carboxylic acids is 1. The Morgan fingerprint density at radius 2 is 1.53 bits per heavy atom. The Kier molecular flexibility index (Phi) is 6.11. The van der Waals surface area contributed by atoms with E-state index in [4.69, 9.17) is 0 Å². The van der Waals surface area contributed by atoms with E-state index in [0.29, 0.717) is 24.5 Å². The molecule has 0 fully saturated rings. The molecule has 148 valence electrons. The molecule has 0 unspecified atom stereocenters. The first-order chi connectivity index (χ1) is 14.8. The van der Waals surface area contributed by atoms with Crippen molar-refractivity contribution in [1.29, 1.82) is 0 Å². The Hall–Kier alpha value is -3.99. The molecule has 0 spiro atoms. The number of benzene rings is 2. The predicted molar refractivity (Wildman–Crippen MR) is 119 cm³/mol. The molecular weight excluding hydrogens is 372 g/mol. The van der Waals surface area contributed by atoms with Gasteiger partial charge in [-0.1, -0.05) is 54.6 Å². The maximum absolute atomic E-state index is 13.3. The SMILES string of the molecule is O=C(c1ccc(NCc2ccccn2)nc1)N(Cc1ccccc1)c1ccccc1. The average Bonchev–Trinajstić information content (AvgIpc) is 2.83. The highest BCUT2D eigenvalue weighted by Gasteiger charge is 2.18. The third-order valence-electron chi connectivity index (χ3n) is 4.68. The first-order valence-electron chi connectivity index (χ1n) is 9.80. The second-order valence-corrected chi connectivity index (χ2v) is 6.82. The fourth-order valence-electron chi connectivity index (χ4n) is 3.12. The number of para-hydroxylation sites is 1. The highest BCUT2D eigenvalue weighted by atomic mass is 16.2. The predicted octanol–water partition coefficient (Wildman–Crippen LogP) is 4.94. The van der Waals surface area contributed by atoms with Gasteiger partial charge in [-0.25, -0.2) is 4.98 Å². The monoisotopic (exact) mass is 394 g/mol. The highest BCUT2D eigenvalue weighted by Crippen LogP contribution is 2.20. The van der Waals surface area contributed by atoms with Gasteiger partial charge in [0.05, 0.1) is 24.3 Å². The number of aromatic nitrogens is 2. The van der Waals surface area contributed by atoms with Crippen molar-refractivity contribution >= 4 is 17.4 Å².